The van der Waals surface area contributed by atoms with Gasteiger partial charge in [0, 0.05) is 24.2 Å². The Bertz CT molecular complexity index is 1030. The third-order valence-corrected chi connectivity index (χ3v) is 7.74. The van der Waals surface area contributed by atoms with Crippen LogP contribution in [0.3, 0.4) is 0 Å². The molecular weight excluding hydrogens is 513 g/mol. The first-order valence-electron chi connectivity index (χ1n) is 13.7. The summed E-state index contributed by atoms with van der Waals surface area (Å²) >= 11 is 0. The number of hydrogen-bond donors (Lipinski definition) is 2. The van der Waals surface area contributed by atoms with Gasteiger partial charge in [-0.15, -0.1) is 0 Å². The Hall–Kier alpha value is -2.55. The van der Waals surface area contributed by atoms with Crippen LogP contribution >= 0.6 is 0 Å². The first kappa shape index (κ1) is 31.7. The lowest BCUT2D eigenvalue weighted by atomic mass is 10.0. The van der Waals surface area contributed by atoms with E-state index in [9.17, 15) is 26.4 Å². The van der Waals surface area contributed by atoms with Crippen molar-refractivity contribution in [2.45, 2.75) is 101 Å². The van der Waals surface area contributed by atoms with Crippen LogP contribution in [0.4, 0.5) is 18.9 Å². The summed E-state index contributed by atoms with van der Waals surface area (Å²) in [5, 5.41) is 3.33. The fraction of sp³-hybridized carbons (Fsp3) is 0.552. The average Bonchev–Trinajstić information content (AvgIpc) is 2.88. The minimum absolute atomic E-state index is 0.0424. The SMILES string of the molecule is O=C(NS(=O)(=O)c1ccccc1)c1ccc(NCCCCCCCCCCCCCCCC(F)(F)F)cc1. The molecule has 0 radical (unpaired) electrons. The van der Waals surface area contributed by atoms with Crippen LogP contribution < -0.4 is 10.0 Å². The number of hydrogen-bond acceptors (Lipinski definition) is 4. The van der Waals surface area contributed by atoms with Gasteiger partial charge in [0.05, 0.1) is 4.90 Å². The number of carbonyl (C=O) groups excluding carboxylic acids is 1. The number of carbonyl (C=O) groups is 1. The number of sulfonamides is 1. The van der Waals surface area contributed by atoms with Gasteiger partial charge in [0.2, 0.25) is 0 Å². The van der Waals surface area contributed by atoms with E-state index in [-0.39, 0.29) is 16.9 Å². The smallest absolute Gasteiger partial charge is 0.385 e. The topological polar surface area (TPSA) is 75.3 Å². The average molecular weight is 555 g/mol. The van der Waals surface area contributed by atoms with Crippen molar-refractivity contribution in [3.8, 4) is 0 Å². The summed E-state index contributed by atoms with van der Waals surface area (Å²) in [5.74, 6) is -0.666. The zero-order valence-electron chi connectivity index (χ0n) is 22.1. The molecule has 1 amide bonds. The van der Waals surface area contributed by atoms with E-state index in [0.717, 1.165) is 44.3 Å². The number of rotatable bonds is 19. The lowest BCUT2D eigenvalue weighted by molar-refractivity contribution is -0.135. The first-order valence-corrected chi connectivity index (χ1v) is 15.2. The molecule has 5 nitrogen and oxygen atoms in total. The van der Waals surface area contributed by atoms with Gasteiger partial charge in [0.25, 0.3) is 15.9 Å². The summed E-state index contributed by atoms with van der Waals surface area (Å²) in [6.45, 7) is 0.830. The molecule has 0 aromatic heterocycles. The molecule has 2 rings (SSSR count). The van der Waals surface area contributed by atoms with Crippen molar-refractivity contribution in [1.82, 2.24) is 4.72 Å². The maximum Gasteiger partial charge on any atom is 0.389 e. The zero-order valence-corrected chi connectivity index (χ0v) is 22.9. The number of unbranched alkanes of at least 4 members (excludes halogenated alkanes) is 12. The fourth-order valence-corrected chi connectivity index (χ4v) is 5.20. The molecular formula is C29H41F3N2O3S. The van der Waals surface area contributed by atoms with Crippen molar-refractivity contribution in [3.63, 3.8) is 0 Å². The monoisotopic (exact) mass is 554 g/mol. The summed E-state index contributed by atoms with van der Waals surface area (Å²) in [6, 6.07) is 14.5. The van der Waals surface area contributed by atoms with Crippen LogP contribution in [-0.2, 0) is 10.0 Å². The van der Waals surface area contributed by atoms with Crippen molar-refractivity contribution in [2.75, 3.05) is 11.9 Å². The van der Waals surface area contributed by atoms with Crippen molar-refractivity contribution >= 4 is 21.6 Å². The Morgan fingerprint density at radius 1 is 0.658 bits per heavy atom. The summed E-state index contributed by atoms with van der Waals surface area (Å²) in [7, 11) is -3.90. The third-order valence-electron chi connectivity index (χ3n) is 6.39. The first-order chi connectivity index (χ1) is 18.2. The van der Waals surface area contributed by atoms with Gasteiger partial charge in [-0.1, -0.05) is 88.8 Å². The van der Waals surface area contributed by atoms with Crippen LogP contribution in [0.15, 0.2) is 59.5 Å². The molecule has 38 heavy (non-hydrogen) atoms. The lowest BCUT2D eigenvalue weighted by Crippen LogP contribution is -2.30. The van der Waals surface area contributed by atoms with Crippen molar-refractivity contribution < 1.29 is 26.4 Å². The minimum Gasteiger partial charge on any atom is -0.385 e. The molecule has 2 N–H and O–H groups in total. The van der Waals surface area contributed by atoms with Gasteiger partial charge < -0.3 is 5.32 Å². The molecule has 0 saturated heterocycles. The molecule has 0 fully saturated rings. The molecule has 2 aromatic carbocycles. The quantitative estimate of drug-likeness (QED) is 0.172. The van der Waals surface area contributed by atoms with E-state index < -0.39 is 28.5 Å². The largest absolute Gasteiger partial charge is 0.389 e. The zero-order chi connectivity index (χ0) is 27.7. The van der Waals surface area contributed by atoms with Crippen LogP contribution in [0.2, 0.25) is 0 Å². The van der Waals surface area contributed by atoms with Gasteiger partial charge in [0.1, 0.15) is 0 Å². The summed E-state index contributed by atoms with van der Waals surface area (Å²) in [6.07, 6.45) is 8.76. The van der Waals surface area contributed by atoms with E-state index in [1.807, 2.05) is 0 Å². The molecule has 0 unspecified atom stereocenters. The highest BCUT2D eigenvalue weighted by Crippen LogP contribution is 2.23. The molecule has 2 aromatic rings. The fourth-order valence-electron chi connectivity index (χ4n) is 4.21. The van der Waals surface area contributed by atoms with Crippen LogP contribution in [0, 0.1) is 0 Å². The van der Waals surface area contributed by atoms with Crippen LogP contribution in [0.25, 0.3) is 0 Å². The van der Waals surface area contributed by atoms with E-state index in [4.69, 9.17) is 0 Å². The Labute approximate surface area is 225 Å². The molecule has 0 heterocycles. The standard InChI is InChI=1S/C29H41F3N2O3S/c30-29(31,32)23-15-10-8-6-4-2-1-3-5-7-9-11-16-24-33-26-21-19-25(20-22-26)28(35)34-38(36,37)27-17-13-12-14-18-27/h12-14,17-22,33H,1-11,15-16,23-24H2,(H,34,35). The van der Waals surface area contributed by atoms with Crippen LogP contribution in [-0.4, -0.2) is 27.0 Å². The number of anilines is 1. The van der Waals surface area contributed by atoms with Gasteiger partial charge in [-0.2, -0.15) is 13.2 Å². The lowest BCUT2D eigenvalue weighted by Gasteiger charge is -2.09. The summed E-state index contributed by atoms with van der Waals surface area (Å²) < 4.78 is 62.9. The molecule has 0 saturated carbocycles. The van der Waals surface area contributed by atoms with E-state index in [1.54, 1.807) is 42.5 Å². The molecule has 0 spiro atoms. The van der Waals surface area contributed by atoms with Gasteiger partial charge >= 0.3 is 6.18 Å². The number of halogens is 3. The molecule has 0 aliphatic heterocycles. The van der Waals surface area contributed by atoms with E-state index in [1.165, 1.54) is 50.7 Å². The van der Waals surface area contributed by atoms with Gasteiger partial charge in [0.15, 0.2) is 0 Å². The van der Waals surface area contributed by atoms with Gasteiger partial charge in [-0.25, -0.2) is 13.1 Å². The molecule has 0 atom stereocenters. The summed E-state index contributed by atoms with van der Waals surface area (Å²) in [5.41, 5.74) is 1.16. The predicted octanol–water partition coefficient (Wildman–Crippen LogP) is 8.24. The second kappa shape index (κ2) is 17.1. The maximum absolute atomic E-state index is 12.3. The highest BCUT2D eigenvalue weighted by molar-refractivity contribution is 7.90. The highest BCUT2D eigenvalue weighted by Gasteiger charge is 2.25. The Morgan fingerprint density at radius 3 is 1.63 bits per heavy atom. The van der Waals surface area contributed by atoms with E-state index in [2.05, 4.69) is 10.0 Å². The molecule has 212 valence electrons. The molecule has 0 aliphatic carbocycles. The van der Waals surface area contributed by atoms with E-state index in [0.29, 0.717) is 6.42 Å². The van der Waals surface area contributed by atoms with Crippen molar-refractivity contribution in [3.05, 3.63) is 60.2 Å². The number of alkyl halides is 3. The number of nitrogens with one attached hydrogen (secondary N) is 2. The van der Waals surface area contributed by atoms with Crippen molar-refractivity contribution in [2.24, 2.45) is 0 Å². The van der Waals surface area contributed by atoms with Crippen molar-refractivity contribution in [1.29, 1.82) is 0 Å². The second-order valence-corrected chi connectivity index (χ2v) is 11.4. The molecule has 0 aliphatic rings. The van der Waals surface area contributed by atoms with Crippen LogP contribution in [0.1, 0.15) is 100 Å². The normalized spacial score (nSPS) is 11.9. The number of amides is 1. The Morgan fingerprint density at radius 2 is 1.13 bits per heavy atom. The van der Waals surface area contributed by atoms with Gasteiger partial charge in [-0.05, 0) is 49.2 Å². The van der Waals surface area contributed by atoms with E-state index >= 15 is 0 Å². The second-order valence-electron chi connectivity index (χ2n) is 9.71. The summed E-state index contributed by atoms with van der Waals surface area (Å²) in [4.78, 5) is 12.4. The van der Waals surface area contributed by atoms with Gasteiger partial charge in [-0.3, -0.25) is 4.79 Å². The number of benzene rings is 2. The maximum atomic E-state index is 12.3. The Balaban J connectivity index is 1.46. The third kappa shape index (κ3) is 13.8. The minimum atomic E-state index is -4.01. The highest BCUT2D eigenvalue weighted by atomic mass is 32.2. The molecule has 0 bridgehead atoms. The van der Waals surface area contributed by atoms with Crippen LogP contribution in [0.5, 0.6) is 0 Å². The Kier molecular flexibility index (Phi) is 14.3. The molecule has 9 heteroatoms. The predicted molar refractivity (Wildman–Crippen MR) is 147 cm³/mol.